The number of nitrogens with one attached hydrogen (secondary N) is 3. The standard InChI is InChI=1S/C25H31N6OP/c1-16-13-29-25(30-19-8-6-17(2)27-14-19)31-22(16)21-15-28-23-20(21)9-7-18(12-26)24(23)33(32)10-4-3-5-11-33/h7,9,13,15,17,19,27-28H,3-6,8,10-11,14H2,1-2H3,(H,29,30,31)/t17-,19-/m0/s1. The summed E-state index contributed by atoms with van der Waals surface area (Å²) in [6.07, 6.45) is 10.4. The number of hydrogen-bond acceptors (Lipinski definition) is 6. The molecule has 0 saturated carbocycles. The molecule has 0 radical (unpaired) electrons. The number of nitrogens with zero attached hydrogens (tertiary/aromatic N) is 3. The van der Waals surface area contributed by atoms with E-state index in [1.165, 1.54) is 0 Å². The van der Waals surface area contributed by atoms with Gasteiger partial charge in [0, 0.05) is 54.3 Å². The van der Waals surface area contributed by atoms with E-state index in [0.717, 1.165) is 71.7 Å². The fraction of sp³-hybridized carbons (Fsp3) is 0.480. The molecule has 2 saturated heterocycles. The maximum atomic E-state index is 13.9. The second kappa shape index (κ2) is 8.93. The van der Waals surface area contributed by atoms with Gasteiger partial charge in [0.15, 0.2) is 0 Å². The quantitative estimate of drug-likeness (QED) is 0.492. The third-order valence-electron chi connectivity index (χ3n) is 7.12. The van der Waals surface area contributed by atoms with E-state index in [-0.39, 0.29) is 0 Å². The van der Waals surface area contributed by atoms with Gasteiger partial charge in [-0.15, -0.1) is 0 Å². The highest BCUT2D eigenvalue weighted by atomic mass is 31.2. The minimum absolute atomic E-state index is 0.306. The average Bonchev–Trinajstić information content (AvgIpc) is 3.25. The topological polar surface area (TPSA) is 106 Å². The van der Waals surface area contributed by atoms with Crippen LogP contribution in [-0.2, 0) is 4.57 Å². The van der Waals surface area contributed by atoms with Crippen LogP contribution in [0.3, 0.4) is 0 Å². The lowest BCUT2D eigenvalue weighted by molar-refractivity contribution is 0.397. The van der Waals surface area contributed by atoms with Crippen molar-refractivity contribution in [3.8, 4) is 17.3 Å². The van der Waals surface area contributed by atoms with Crippen LogP contribution in [0.5, 0.6) is 0 Å². The van der Waals surface area contributed by atoms with Crippen molar-refractivity contribution in [2.75, 3.05) is 24.2 Å². The summed E-state index contributed by atoms with van der Waals surface area (Å²) in [5, 5.41) is 18.5. The molecule has 2 atom stereocenters. The first-order chi connectivity index (χ1) is 16.0. The minimum atomic E-state index is -2.60. The summed E-state index contributed by atoms with van der Waals surface area (Å²) in [4.78, 5) is 12.8. The first-order valence-corrected chi connectivity index (χ1v) is 14.0. The van der Waals surface area contributed by atoms with Crippen LogP contribution in [0.4, 0.5) is 5.95 Å². The van der Waals surface area contributed by atoms with Crippen LogP contribution in [0.1, 0.15) is 50.2 Å². The van der Waals surface area contributed by atoms with Gasteiger partial charge in [-0.05, 0) is 51.2 Å². The van der Waals surface area contributed by atoms with E-state index < -0.39 is 7.14 Å². The third kappa shape index (κ3) is 4.18. The normalized spacial score (nSPS) is 22.7. The fourth-order valence-corrected chi connectivity index (χ4v) is 8.52. The highest BCUT2D eigenvalue weighted by Crippen LogP contribution is 2.51. The number of H-pyrrole nitrogens is 1. The maximum Gasteiger partial charge on any atom is 0.223 e. The molecule has 0 aliphatic carbocycles. The third-order valence-corrected chi connectivity index (χ3v) is 10.5. The average molecular weight is 463 g/mol. The van der Waals surface area contributed by atoms with Crippen molar-refractivity contribution in [3.05, 3.63) is 35.7 Å². The van der Waals surface area contributed by atoms with Gasteiger partial charge in [-0.1, -0.05) is 12.5 Å². The van der Waals surface area contributed by atoms with Gasteiger partial charge in [0.25, 0.3) is 0 Å². The molecule has 0 bridgehead atoms. The maximum absolute atomic E-state index is 13.9. The van der Waals surface area contributed by atoms with Crippen molar-refractivity contribution in [2.24, 2.45) is 0 Å². The van der Waals surface area contributed by atoms with Crippen LogP contribution in [-0.4, -0.2) is 45.9 Å². The van der Waals surface area contributed by atoms with Crippen molar-refractivity contribution in [1.29, 1.82) is 5.26 Å². The zero-order valence-corrected chi connectivity index (χ0v) is 20.2. The first-order valence-electron chi connectivity index (χ1n) is 12.0. The molecule has 8 heteroatoms. The number of piperidine rings is 1. The summed E-state index contributed by atoms with van der Waals surface area (Å²) < 4.78 is 13.9. The lowest BCUT2D eigenvalue weighted by atomic mass is 10.0. The van der Waals surface area contributed by atoms with Gasteiger partial charge >= 0.3 is 0 Å². The lowest BCUT2D eigenvalue weighted by Gasteiger charge is -2.28. The number of nitriles is 1. The van der Waals surface area contributed by atoms with Crippen molar-refractivity contribution in [1.82, 2.24) is 20.3 Å². The van der Waals surface area contributed by atoms with E-state index in [2.05, 4.69) is 33.6 Å². The lowest BCUT2D eigenvalue weighted by Crippen LogP contribution is -2.43. The zero-order valence-electron chi connectivity index (χ0n) is 19.3. The number of hydrogen-bond donors (Lipinski definition) is 3. The van der Waals surface area contributed by atoms with E-state index in [4.69, 9.17) is 4.98 Å². The Bertz CT molecular complexity index is 1260. The van der Waals surface area contributed by atoms with Crippen LogP contribution in [0.15, 0.2) is 24.5 Å². The van der Waals surface area contributed by atoms with Crippen LogP contribution < -0.4 is 15.9 Å². The Morgan fingerprint density at radius 2 is 2.03 bits per heavy atom. The molecule has 33 heavy (non-hydrogen) atoms. The van der Waals surface area contributed by atoms with Crippen molar-refractivity contribution < 1.29 is 4.57 Å². The first kappa shape index (κ1) is 22.1. The molecular formula is C25H31N6OP. The number of aromatic nitrogens is 3. The molecule has 3 N–H and O–H groups in total. The van der Waals surface area contributed by atoms with Crippen LogP contribution in [0.25, 0.3) is 22.2 Å². The van der Waals surface area contributed by atoms with Gasteiger partial charge in [-0.3, -0.25) is 0 Å². The smallest absolute Gasteiger partial charge is 0.223 e. The summed E-state index contributed by atoms with van der Waals surface area (Å²) in [7, 11) is -2.60. The van der Waals surface area contributed by atoms with E-state index in [1.807, 2.05) is 31.5 Å². The predicted octanol–water partition coefficient (Wildman–Crippen LogP) is 4.53. The molecule has 172 valence electrons. The molecule has 0 amide bonds. The molecule has 7 nitrogen and oxygen atoms in total. The summed E-state index contributed by atoms with van der Waals surface area (Å²) >= 11 is 0. The molecule has 0 spiro atoms. The highest BCUT2D eigenvalue weighted by Gasteiger charge is 2.32. The summed E-state index contributed by atoms with van der Waals surface area (Å²) in [5.41, 5.74) is 4.15. The molecule has 3 aromatic rings. The Morgan fingerprint density at radius 1 is 1.21 bits per heavy atom. The van der Waals surface area contributed by atoms with E-state index >= 15 is 0 Å². The Hall–Kier alpha value is -2.68. The number of rotatable bonds is 4. The molecule has 1 aromatic carbocycles. The molecule has 2 fully saturated rings. The second-order valence-corrected chi connectivity index (χ2v) is 12.7. The summed E-state index contributed by atoms with van der Waals surface area (Å²) in [5.74, 6) is 0.625. The van der Waals surface area contributed by atoms with Crippen LogP contribution in [0.2, 0.25) is 0 Å². The Labute approximate surface area is 194 Å². The second-order valence-electron chi connectivity index (χ2n) is 9.55. The molecular weight excluding hydrogens is 431 g/mol. The molecule has 4 heterocycles. The van der Waals surface area contributed by atoms with Crippen molar-refractivity contribution in [2.45, 2.75) is 58.0 Å². The predicted molar refractivity (Wildman–Crippen MR) is 134 cm³/mol. The molecule has 5 rings (SSSR count). The van der Waals surface area contributed by atoms with Gasteiger partial charge < -0.3 is 20.2 Å². The number of fused-ring (bicyclic) bond motifs is 1. The van der Waals surface area contributed by atoms with Gasteiger partial charge in [-0.2, -0.15) is 5.26 Å². The van der Waals surface area contributed by atoms with Gasteiger partial charge in [0.05, 0.1) is 28.1 Å². The van der Waals surface area contributed by atoms with Crippen LogP contribution >= 0.6 is 7.14 Å². The molecule has 0 unspecified atom stereocenters. The van der Waals surface area contributed by atoms with Crippen molar-refractivity contribution >= 4 is 29.3 Å². The summed E-state index contributed by atoms with van der Waals surface area (Å²) in [6.45, 7) is 5.12. The van der Waals surface area contributed by atoms with E-state index in [0.29, 0.717) is 35.9 Å². The molecule has 2 aliphatic heterocycles. The van der Waals surface area contributed by atoms with Gasteiger partial charge in [0.2, 0.25) is 5.95 Å². The Morgan fingerprint density at radius 3 is 2.76 bits per heavy atom. The summed E-state index contributed by atoms with van der Waals surface area (Å²) in [6, 6.07) is 6.94. The number of anilines is 1. The Balaban J connectivity index is 1.55. The van der Waals surface area contributed by atoms with Crippen molar-refractivity contribution in [3.63, 3.8) is 0 Å². The molecule has 2 aliphatic rings. The zero-order chi connectivity index (χ0) is 23.0. The van der Waals surface area contributed by atoms with Gasteiger partial charge in [0.1, 0.15) is 7.14 Å². The Kier molecular flexibility index (Phi) is 5.99. The monoisotopic (exact) mass is 462 g/mol. The fourth-order valence-electron chi connectivity index (χ4n) is 5.23. The molecule has 2 aromatic heterocycles. The van der Waals surface area contributed by atoms with Crippen LogP contribution in [0, 0.1) is 18.3 Å². The van der Waals surface area contributed by atoms with E-state index in [9.17, 15) is 9.83 Å². The number of aryl methyl sites for hydroxylation is 1. The number of aromatic amines is 1. The van der Waals surface area contributed by atoms with Gasteiger partial charge in [-0.25, -0.2) is 9.97 Å². The minimum Gasteiger partial charge on any atom is -0.360 e. The number of benzene rings is 1. The largest absolute Gasteiger partial charge is 0.360 e. The highest BCUT2D eigenvalue weighted by molar-refractivity contribution is 7.72. The SMILES string of the molecule is Cc1cnc(N[C@H]2CC[C@H](C)NC2)nc1-c1c[nH]c2c(P3(=O)CCCCC3)c(C#N)ccc12. The van der Waals surface area contributed by atoms with E-state index in [1.54, 1.807) is 0 Å².